The summed E-state index contributed by atoms with van der Waals surface area (Å²) < 4.78 is 39.1. The molecular formula is C15H17ClF3NO. The van der Waals surface area contributed by atoms with Crippen LogP contribution in [0.5, 0.6) is 0 Å². The van der Waals surface area contributed by atoms with E-state index < -0.39 is 17.6 Å². The van der Waals surface area contributed by atoms with Crippen LogP contribution in [0.2, 0.25) is 0 Å². The van der Waals surface area contributed by atoms with Crippen molar-refractivity contribution >= 4 is 17.5 Å². The molecule has 0 saturated heterocycles. The minimum atomic E-state index is -4.52. The lowest BCUT2D eigenvalue weighted by Gasteiger charge is -2.38. The van der Waals surface area contributed by atoms with E-state index >= 15 is 0 Å². The molecule has 0 atom stereocenters. The van der Waals surface area contributed by atoms with E-state index in [0.29, 0.717) is 18.8 Å². The zero-order valence-electron chi connectivity index (χ0n) is 11.5. The second-order valence-electron chi connectivity index (χ2n) is 5.17. The molecule has 0 N–H and O–H groups in total. The van der Waals surface area contributed by atoms with Gasteiger partial charge in [-0.15, -0.1) is 11.6 Å². The zero-order chi connectivity index (χ0) is 15.5. The first-order chi connectivity index (χ1) is 9.95. The first-order valence-corrected chi connectivity index (χ1v) is 7.51. The van der Waals surface area contributed by atoms with Gasteiger partial charge in [-0.3, -0.25) is 4.79 Å². The smallest absolute Gasteiger partial charge is 0.336 e. The largest absolute Gasteiger partial charge is 0.417 e. The van der Waals surface area contributed by atoms with Gasteiger partial charge in [-0.2, -0.15) is 13.2 Å². The lowest BCUT2D eigenvalue weighted by Crippen LogP contribution is -2.45. The summed E-state index contributed by atoms with van der Waals surface area (Å²) in [6, 6.07) is 5.00. The lowest BCUT2D eigenvalue weighted by molar-refractivity contribution is -0.138. The Morgan fingerprint density at radius 2 is 1.95 bits per heavy atom. The van der Waals surface area contributed by atoms with Crippen LogP contribution in [0.15, 0.2) is 24.3 Å². The molecule has 1 aliphatic rings. The Bertz CT molecular complexity index is 500. The fourth-order valence-corrected chi connectivity index (χ4v) is 2.57. The minimum absolute atomic E-state index is 0.0435. The van der Waals surface area contributed by atoms with Crippen molar-refractivity contribution in [3.63, 3.8) is 0 Å². The van der Waals surface area contributed by atoms with Crippen LogP contribution >= 0.6 is 11.6 Å². The molecule has 1 fully saturated rings. The Morgan fingerprint density at radius 3 is 2.48 bits per heavy atom. The first-order valence-electron chi connectivity index (χ1n) is 6.98. The number of amides is 1. The highest BCUT2D eigenvalue weighted by Crippen LogP contribution is 2.34. The summed E-state index contributed by atoms with van der Waals surface area (Å²) >= 11 is 5.65. The summed E-state index contributed by atoms with van der Waals surface area (Å²) in [5.74, 6) is -0.157. The molecule has 0 bridgehead atoms. The maximum atomic E-state index is 13.0. The SMILES string of the molecule is O=C(c1ccccc1C(F)(F)F)N(CCCCl)C1CCC1. The summed E-state index contributed by atoms with van der Waals surface area (Å²) in [5.41, 5.74) is -1.14. The molecule has 1 aliphatic carbocycles. The van der Waals surface area contributed by atoms with Crippen LogP contribution < -0.4 is 0 Å². The Hall–Kier alpha value is -1.23. The fourth-order valence-electron chi connectivity index (χ4n) is 2.45. The lowest BCUT2D eigenvalue weighted by atomic mass is 9.90. The molecule has 0 radical (unpaired) electrons. The fraction of sp³-hybridized carbons (Fsp3) is 0.533. The summed E-state index contributed by atoms with van der Waals surface area (Å²) in [5, 5.41) is 0. The Kier molecular flexibility index (Phi) is 5.14. The predicted octanol–water partition coefficient (Wildman–Crippen LogP) is 4.33. The highest BCUT2D eigenvalue weighted by Gasteiger charge is 2.37. The van der Waals surface area contributed by atoms with Gasteiger partial charge in [-0.1, -0.05) is 12.1 Å². The topological polar surface area (TPSA) is 20.3 Å². The standard InChI is InChI=1S/C15H17ClF3NO/c16-9-4-10-20(11-5-3-6-11)14(21)12-7-1-2-8-13(12)15(17,18)19/h1-2,7-8,11H,3-6,9-10H2. The molecule has 2 rings (SSSR count). The molecule has 1 aromatic rings. The molecule has 21 heavy (non-hydrogen) atoms. The van der Waals surface area contributed by atoms with Crippen molar-refractivity contribution in [1.82, 2.24) is 4.90 Å². The number of nitrogens with zero attached hydrogens (tertiary/aromatic N) is 1. The predicted molar refractivity (Wildman–Crippen MR) is 75.5 cm³/mol. The van der Waals surface area contributed by atoms with Gasteiger partial charge in [0, 0.05) is 18.5 Å². The van der Waals surface area contributed by atoms with Crippen molar-refractivity contribution in [2.45, 2.75) is 37.9 Å². The summed E-state index contributed by atoms with van der Waals surface area (Å²) in [6.07, 6.45) is -1.23. The van der Waals surface area contributed by atoms with Crippen molar-refractivity contribution in [3.8, 4) is 0 Å². The third-order valence-electron chi connectivity index (χ3n) is 3.77. The quantitative estimate of drug-likeness (QED) is 0.740. The molecule has 2 nitrogen and oxygen atoms in total. The van der Waals surface area contributed by atoms with E-state index in [1.807, 2.05) is 0 Å². The third kappa shape index (κ3) is 3.70. The second kappa shape index (κ2) is 6.69. The van der Waals surface area contributed by atoms with Gasteiger partial charge in [-0.25, -0.2) is 0 Å². The Balaban J connectivity index is 2.28. The molecule has 0 unspecified atom stereocenters. The van der Waals surface area contributed by atoms with Gasteiger partial charge in [-0.05, 0) is 37.8 Å². The van der Waals surface area contributed by atoms with Gasteiger partial charge < -0.3 is 4.90 Å². The highest BCUT2D eigenvalue weighted by atomic mass is 35.5. The van der Waals surface area contributed by atoms with E-state index in [2.05, 4.69) is 0 Å². The number of hydrogen-bond acceptors (Lipinski definition) is 1. The third-order valence-corrected chi connectivity index (χ3v) is 4.04. The van der Waals surface area contributed by atoms with Gasteiger partial charge in [0.2, 0.25) is 0 Å². The molecular weight excluding hydrogens is 303 g/mol. The molecule has 0 aromatic heterocycles. The van der Waals surface area contributed by atoms with E-state index in [1.54, 1.807) is 4.90 Å². The molecule has 0 heterocycles. The molecule has 1 saturated carbocycles. The molecule has 1 aromatic carbocycles. The number of alkyl halides is 4. The van der Waals surface area contributed by atoms with Gasteiger partial charge in [0.25, 0.3) is 5.91 Å². The number of hydrogen-bond donors (Lipinski definition) is 0. The molecule has 0 spiro atoms. The van der Waals surface area contributed by atoms with Crippen molar-refractivity contribution in [1.29, 1.82) is 0 Å². The van der Waals surface area contributed by atoms with Crippen LogP contribution in [0.4, 0.5) is 13.2 Å². The van der Waals surface area contributed by atoms with Gasteiger partial charge in [0.15, 0.2) is 0 Å². The Labute approximate surface area is 126 Å². The van der Waals surface area contributed by atoms with Crippen LogP contribution in [-0.4, -0.2) is 29.3 Å². The number of carbonyl (C=O) groups excluding carboxylic acids is 1. The number of carbonyl (C=O) groups is 1. The van der Waals surface area contributed by atoms with Crippen LogP contribution in [-0.2, 0) is 6.18 Å². The number of benzene rings is 1. The van der Waals surface area contributed by atoms with Gasteiger partial charge >= 0.3 is 6.18 Å². The molecule has 1 amide bonds. The summed E-state index contributed by atoms with van der Waals surface area (Å²) in [4.78, 5) is 14.1. The molecule has 0 aliphatic heterocycles. The van der Waals surface area contributed by atoms with Crippen LogP contribution in [0, 0.1) is 0 Å². The van der Waals surface area contributed by atoms with E-state index in [9.17, 15) is 18.0 Å². The molecule has 6 heteroatoms. The van der Waals surface area contributed by atoms with E-state index in [-0.39, 0.29) is 11.6 Å². The second-order valence-corrected chi connectivity index (χ2v) is 5.55. The van der Waals surface area contributed by atoms with Crippen molar-refractivity contribution in [3.05, 3.63) is 35.4 Å². The number of rotatable bonds is 5. The molecule has 116 valence electrons. The summed E-state index contributed by atoms with van der Waals surface area (Å²) in [6.45, 7) is 0.402. The monoisotopic (exact) mass is 319 g/mol. The van der Waals surface area contributed by atoms with Crippen molar-refractivity contribution < 1.29 is 18.0 Å². The number of halogens is 4. The maximum Gasteiger partial charge on any atom is 0.417 e. The van der Waals surface area contributed by atoms with Crippen LogP contribution in [0.1, 0.15) is 41.6 Å². The summed E-state index contributed by atoms with van der Waals surface area (Å²) in [7, 11) is 0. The van der Waals surface area contributed by atoms with E-state index in [4.69, 9.17) is 11.6 Å². The average molecular weight is 320 g/mol. The first kappa shape index (κ1) is 16.1. The van der Waals surface area contributed by atoms with E-state index in [0.717, 1.165) is 25.3 Å². The van der Waals surface area contributed by atoms with Crippen molar-refractivity contribution in [2.75, 3.05) is 12.4 Å². The van der Waals surface area contributed by atoms with Crippen molar-refractivity contribution in [2.24, 2.45) is 0 Å². The van der Waals surface area contributed by atoms with Gasteiger partial charge in [0.05, 0.1) is 11.1 Å². The zero-order valence-corrected chi connectivity index (χ0v) is 12.3. The highest BCUT2D eigenvalue weighted by molar-refractivity contribution is 6.17. The average Bonchev–Trinajstić information content (AvgIpc) is 2.39. The maximum absolute atomic E-state index is 13.0. The Morgan fingerprint density at radius 1 is 1.29 bits per heavy atom. The van der Waals surface area contributed by atoms with Crippen LogP contribution in [0.25, 0.3) is 0 Å². The minimum Gasteiger partial charge on any atom is -0.336 e. The van der Waals surface area contributed by atoms with Gasteiger partial charge in [0.1, 0.15) is 0 Å². The normalized spacial score (nSPS) is 15.6. The van der Waals surface area contributed by atoms with E-state index in [1.165, 1.54) is 18.2 Å². The van der Waals surface area contributed by atoms with Crippen LogP contribution in [0.3, 0.4) is 0 Å².